The molecule has 5 nitrogen and oxygen atoms in total. The number of ether oxygens (including phenoxy) is 1. The summed E-state index contributed by atoms with van der Waals surface area (Å²) in [6, 6.07) is 4.87. The van der Waals surface area contributed by atoms with Crippen molar-refractivity contribution >= 4 is 27.8 Å². The molecular formula is C10H9BrN2O3. The van der Waals surface area contributed by atoms with Gasteiger partial charge in [0, 0.05) is 12.8 Å². The first-order chi connectivity index (χ1) is 7.53. The number of aromatic nitrogens is 1. The molecule has 2 N–H and O–H groups in total. The van der Waals surface area contributed by atoms with Gasteiger partial charge in [0.2, 0.25) is 0 Å². The molecule has 1 aromatic heterocycles. The highest BCUT2D eigenvalue weighted by atomic mass is 79.9. The smallest absolute Gasteiger partial charge is 0.358 e. The molecule has 0 aliphatic heterocycles. The van der Waals surface area contributed by atoms with E-state index in [9.17, 15) is 9.59 Å². The van der Waals surface area contributed by atoms with E-state index in [1.165, 1.54) is 6.07 Å². The molecule has 16 heavy (non-hydrogen) atoms. The number of pyridine rings is 1. The Hall–Kier alpha value is -1.43. The second-order valence-corrected chi connectivity index (χ2v) is 4.41. The number of esters is 1. The van der Waals surface area contributed by atoms with Crippen LogP contribution in [-0.4, -0.2) is 22.5 Å². The Morgan fingerprint density at radius 1 is 1.44 bits per heavy atom. The monoisotopic (exact) mass is 284 g/mol. The van der Waals surface area contributed by atoms with E-state index in [0.717, 1.165) is 0 Å². The van der Waals surface area contributed by atoms with Crippen molar-refractivity contribution in [3.63, 3.8) is 0 Å². The van der Waals surface area contributed by atoms with Crippen LogP contribution in [0.15, 0.2) is 22.8 Å². The molecule has 2 rings (SSSR count). The van der Waals surface area contributed by atoms with Gasteiger partial charge < -0.3 is 10.5 Å². The molecule has 0 saturated heterocycles. The Labute approximate surface area is 100 Å². The normalized spacial score (nSPS) is 16.6. The minimum absolute atomic E-state index is 0.155. The van der Waals surface area contributed by atoms with E-state index in [0.29, 0.717) is 17.4 Å². The van der Waals surface area contributed by atoms with Gasteiger partial charge in [-0.15, -0.1) is 0 Å². The molecule has 1 aliphatic carbocycles. The quantitative estimate of drug-likeness (QED) is 0.664. The number of rotatable bonds is 3. The van der Waals surface area contributed by atoms with Crippen LogP contribution >= 0.6 is 15.9 Å². The third-order valence-electron chi connectivity index (χ3n) is 2.37. The number of hydrogen-bond acceptors (Lipinski definition) is 4. The molecule has 1 saturated carbocycles. The van der Waals surface area contributed by atoms with Gasteiger partial charge in [-0.2, -0.15) is 0 Å². The van der Waals surface area contributed by atoms with Crippen LogP contribution in [0.3, 0.4) is 0 Å². The predicted molar refractivity (Wildman–Crippen MR) is 58.5 cm³/mol. The minimum atomic E-state index is -1.10. The summed E-state index contributed by atoms with van der Waals surface area (Å²) in [4.78, 5) is 26.6. The summed E-state index contributed by atoms with van der Waals surface area (Å²) in [6.45, 7) is 0. The molecule has 84 valence electrons. The summed E-state index contributed by atoms with van der Waals surface area (Å²) in [6.07, 6.45) is 0.976. The van der Waals surface area contributed by atoms with Crippen LogP contribution in [0.1, 0.15) is 23.3 Å². The van der Waals surface area contributed by atoms with Gasteiger partial charge in [-0.1, -0.05) is 6.07 Å². The van der Waals surface area contributed by atoms with Crippen molar-refractivity contribution in [3.8, 4) is 0 Å². The topological polar surface area (TPSA) is 82.3 Å². The van der Waals surface area contributed by atoms with E-state index in [-0.39, 0.29) is 5.69 Å². The Bertz CT molecular complexity index is 457. The van der Waals surface area contributed by atoms with Crippen LogP contribution in [0, 0.1) is 0 Å². The maximum absolute atomic E-state index is 11.6. The number of hydrogen-bond donors (Lipinski definition) is 1. The zero-order chi connectivity index (χ0) is 11.8. The van der Waals surface area contributed by atoms with Crippen molar-refractivity contribution in [2.75, 3.05) is 0 Å². The van der Waals surface area contributed by atoms with Gasteiger partial charge in [-0.3, -0.25) is 4.79 Å². The Morgan fingerprint density at radius 2 is 2.12 bits per heavy atom. The lowest BCUT2D eigenvalue weighted by Gasteiger charge is -2.12. The molecule has 1 aliphatic rings. The van der Waals surface area contributed by atoms with Crippen molar-refractivity contribution in [2.24, 2.45) is 5.73 Å². The first kappa shape index (κ1) is 11.1. The molecule has 0 aromatic carbocycles. The molecule has 0 unspecified atom stereocenters. The van der Waals surface area contributed by atoms with Gasteiger partial charge in [-0.25, -0.2) is 9.78 Å². The van der Waals surface area contributed by atoms with Crippen LogP contribution in [0.4, 0.5) is 0 Å². The molecule has 0 spiro atoms. The lowest BCUT2D eigenvalue weighted by molar-refractivity contribution is -0.128. The molecular weight excluding hydrogens is 276 g/mol. The summed E-state index contributed by atoms with van der Waals surface area (Å²) < 4.78 is 5.59. The van der Waals surface area contributed by atoms with Crippen molar-refractivity contribution in [3.05, 3.63) is 28.5 Å². The maximum Gasteiger partial charge on any atom is 0.358 e. The maximum atomic E-state index is 11.6. The van der Waals surface area contributed by atoms with Crippen molar-refractivity contribution < 1.29 is 14.3 Å². The minimum Gasteiger partial charge on any atom is -0.444 e. The fourth-order valence-corrected chi connectivity index (χ4v) is 1.61. The zero-order valence-corrected chi connectivity index (χ0v) is 9.86. The van der Waals surface area contributed by atoms with E-state index in [1.807, 2.05) is 0 Å². The van der Waals surface area contributed by atoms with Gasteiger partial charge in [-0.05, 0) is 28.1 Å². The number of nitrogens with zero attached hydrogens (tertiary/aromatic N) is 1. The average molecular weight is 285 g/mol. The summed E-state index contributed by atoms with van der Waals surface area (Å²) in [5.41, 5.74) is 4.20. The number of carbonyl (C=O) groups is 2. The van der Waals surface area contributed by atoms with Crippen molar-refractivity contribution in [2.45, 2.75) is 18.4 Å². The van der Waals surface area contributed by atoms with Crippen LogP contribution < -0.4 is 5.73 Å². The number of primary amides is 1. The first-order valence-corrected chi connectivity index (χ1v) is 5.49. The molecule has 1 amide bonds. The molecule has 0 radical (unpaired) electrons. The van der Waals surface area contributed by atoms with Crippen molar-refractivity contribution in [1.29, 1.82) is 0 Å². The predicted octanol–water partition coefficient (Wildman–Crippen LogP) is 1.02. The van der Waals surface area contributed by atoms with Crippen LogP contribution in [-0.2, 0) is 9.53 Å². The van der Waals surface area contributed by atoms with Gasteiger partial charge in [0.25, 0.3) is 5.91 Å². The Kier molecular flexibility index (Phi) is 2.67. The first-order valence-electron chi connectivity index (χ1n) is 4.69. The van der Waals surface area contributed by atoms with Gasteiger partial charge >= 0.3 is 5.97 Å². The third-order valence-corrected chi connectivity index (χ3v) is 2.81. The van der Waals surface area contributed by atoms with Crippen LogP contribution in [0.25, 0.3) is 0 Å². The largest absolute Gasteiger partial charge is 0.444 e. The number of carbonyl (C=O) groups excluding carboxylic acids is 2. The Morgan fingerprint density at radius 3 is 2.62 bits per heavy atom. The SMILES string of the molecule is NC(=O)C1(OC(=O)c2cccc(Br)n2)CC1. The zero-order valence-electron chi connectivity index (χ0n) is 8.27. The van der Waals surface area contributed by atoms with Gasteiger partial charge in [0.1, 0.15) is 10.3 Å². The standard InChI is InChI=1S/C10H9BrN2O3/c11-7-3-1-2-6(13-7)8(14)16-10(4-5-10)9(12)15/h1-3H,4-5H2,(H2,12,15). The fourth-order valence-electron chi connectivity index (χ4n) is 1.26. The number of halogens is 1. The van der Waals surface area contributed by atoms with E-state index >= 15 is 0 Å². The van der Waals surface area contributed by atoms with E-state index in [1.54, 1.807) is 12.1 Å². The highest BCUT2D eigenvalue weighted by Gasteiger charge is 2.53. The van der Waals surface area contributed by atoms with E-state index < -0.39 is 17.5 Å². The summed E-state index contributed by atoms with van der Waals surface area (Å²) in [5, 5.41) is 0. The lowest BCUT2D eigenvalue weighted by Crippen LogP contribution is -2.35. The van der Waals surface area contributed by atoms with Crippen LogP contribution in [0.5, 0.6) is 0 Å². The Balaban J connectivity index is 2.12. The molecule has 0 bridgehead atoms. The lowest BCUT2D eigenvalue weighted by atomic mass is 10.3. The summed E-state index contributed by atoms with van der Waals surface area (Å²) >= 11 is 3.14. The molecule has 1 aromatic rings. The number of nitrogens with two attached hydrogens (primary N) is 1. The van der Waals surface area contributed by atoms with Gasteiger partial charge in [0.05, 0.1) is 0 Å². The highest BCUT2D eigenvalue weighted by Crippen LogP contribution is 2.39. The average Bonchev–Trinajstić information content (AvgIpc) is 2.99. The third kappa shape index (κ3) is 2.06. The van der Waals surface area contributed by atoms with Gasteiger partial charge in [0.15, 0.2) is 5.60 Å². The molecule has 1 fully saturated rings. The van der Waals surface area contributed by atoms with Crippen molar-refractivity contribution in [1.82, 2.24) is 4.98 Å². The fraction of sp³-hybridized carbons (Fsp3) is 0.300. The molecule has 6 heteroatoms. The second-order valence-electron chi connectivity index (χ2n) is 3.59. The summed E-state index contributed by atoms with van der Waals surface area (Å²) in [5.74, 6) is -1.23. The number of amides is 1. The molecule has 1 heterocycles. The van der Waals surface area contributed by atoms with E-state index in [4.69, 9.17) is 10.5 Å². The summed E-state index contributed by atoms with van der Waals surface area (Å²) in [7, 11) is 0. The van der Waals surface area contributed by atoms with E-state index in [2.05, 4.69) is 20.9 Å². The second kappa shape index (κ2) is 3.86. The molecule has 0 atom stereocenters. The highest BCUT2D eigenvalue weighted by molar-refractivity contribution is 9.10. The van der Waals surface area contributed by atoms with Crippen LogP contribution in [0.2, 0.25) is 0 Å².